The van der Waals surface area contributed by atoms with Gasteiger partial charge in [0.05, 0.1) is 11.4 Å². The third kappa shape index (κ3) is 3.53. The summed E-state index contributed by atoms with van der Waals surface area (Å²) in [5, 5.41) is 5.65. The Hall–Kier alpha value is -1.65. The fourth-order valence-electron chi connectivity index (χ4n) is 1.12. The first-order chi connectivity index (χ1) is 7.13. The SMILES string of the molecule is CNC(=O)CCNc1nc(C)cnc1C. The van der Waals surface area contributed by atoms with Crippen LogP contribution in [-0.4, -0.2) is 29.5 Å². The molecular weight excluding hydrogens is 192 g/mol. The first-order valence-corrected chi connectivity index (χ1v) is 4.88. The Morgan fingerprint density at radius 1 is 1.47 bits per heavy atom. The zero-order valence-corrected chi connectivity index (χ0v) is 9.29. The van der Waals surface area contributed by atoms with E-state index in [0.29, 0.717) is 13.0 Å². The van der Waals surface area contributed by atoms with Gasteiger partial charge in [0.1, 0.15) is 5.82 Å². The minimum atomic E-state index is 0.0146. The quantitative estimate of drug-likeness (QED) is 0.762. The molecule has 1 amide bonds. The zero-order valence-electron chi connectivity index (χ0n) is 9.29. The van der Waals surface area contributed by atoms with Crippen LogP contribution in [0, 0.1) is 13.8 Å². The highest BCUT2D eigenvalue weighted by Gasteiger charge is 2.02. The Bertz CT molecular complexity index is 351. The van der Waals surface area contributed by atoms with Crippen LogP contribution in [0.15, 0.2) is 6.20 Å². The zero-order chi connectivity index (χ0) is 11.3. The van der Waals surface area contributed by atoms with Gasteiger partial charge in [-0.25, -0.2) is 4.98 Å². The van der Waals surface area contributed by atoms with E-state index in [0.717, 1.165) is 17.2 Å². The molecule has 0 saturated heterocycles. The van der Waals surface area contributed by atoms with Crippen molar-refractivity contribution in [1.82, 2.24) is 15.3 Å². The normalized spacial score (nSPS) is 9.80. The molecule has 0 aromatic carbocycles. The molecule has 0 atom stereocenters. The molecule has 1 heterocycles. The molecule has 0 spiro atoms. The van der Waals surface area contributed by atoms with Gasteiger partial charge in [0, 0.05) is 26.2 Å². The van der Waals surface area contributed by atoms with Crippen molar-refractivity contribution in [2.24, 2.45) is 0 Å². The third-order valence-electron chi connectivity index (χ3n) is 2.00. The van der Waals surface area contributed by atoms with Crippen LogP contribution in [-0.2, 0) is 4.79 Å². The Morgan fingerprint density at radius 3 is 2.87 bits per heavy atom. The molecular formula is C10H16N4O. The van der Waals surface area contributed by atoms with E-state index >= 15 is 0 Å². The standard InChI is InChI=1S/C10H16N4O/c1-7-6-13-8(2)10(14-7)12-5-4-9(15)11-3/h6H,4-5H2,1-3H3,(H,11,15)(H,12,14). The van der Waals surface area contributed by atoms with Crippen LogP contribution < -0.4 is 10.6 Å². The number of aromatic nitrogens is 2. The van der Waals surface area contributed by atoms with Crippen LogP contribution >= 0.6 is 0 Å². The van der Waals surface area contributed by atoms with E-state index in [1.807, 2.05) is 13.8 Å². The smallest absolute Gasteiger partial charge is 0.221 e. The lowest BCUT2D eigenvalue weighted by molar-refractivity contribution is -0.120. The summed E-state index contributed by atoms with van der Waals surface area (Å²) in [6.07, 6.45) is 2.16. The summed E-state index contributed by atoms with van der Waals surface area (Å²) in [4.78, 5) is 19.4. The summed E-state index contributed by atoms with van der Waals surface area (Å²) in [6.45, 7) is 4.34. The molecule has 1 rings (SSSR count). The van der Waals surface area contributed by atoms with Crippen molar-refractivity contribution in [3.05, 3.63) is 17.6 Å². The molecule has 0 unspecified atom stereocenters. The minimum Gasteiger partial charge on any atom is -0.368 e. The molecule has 15 heavy (non-hydrogen) atoms. The van der Waals surface area contributed by atoms with E-state index < -0.39 is 0 Å². The van der Waals surface area contributed by atoms with E-state index in [2.05, 4.69) is 20.6 Å². The van der Waals surface area contributed by atoms with Crippen molar-refractivity contribution in [1.29, 1.82) is 0 Å². The summed E-state index contributed by atoms with van der Waals surface area (Å²) in [5.74, 6) is 0.764. The van der Waals surface area contributed by atoms with Crippen LogP contribution in [0.25, 0.3) is 0 Å². The van der Waals surface area contributed by atoms with Gasteiger partial charge < -0.3 is 10.6 Å². The second-order valence-corrected chi connectivity index (χ2v) is 3.30. The lowest BCUT2D eigenvalue weighted by Crippen LogP contribution is -2.21. The van der Waals surface area contributed by atoms with Gasteiger partial charge >= 0.3 is 0 Å². The van der Waals surface area contributed by atoms with E-state index in [1.165, 1.54) is 0 Å². The Labute approximate surface area is 89.3 Å². The second-order valence-electron chi connectivity index (χ2n) is 3.30. The molecule has 0 fully saturated rings. The molecule has 0 aliphatic carbocycles. The average molecular weight is 208 g/mol. The highest BCUT2D eigenvalue weighted by atomic mass is 16.1. The number of amides is 1. The van der Waals surface area contributed by atoms with Crippen molar-refractivity contribution in [2.75, 3.05) is 18.9 Å². The maximum absolute atomic E-state index is 11.0. The van der Waals surface area contributed by atoms with Crippen molar-refractivity contribution < 1.29 is 4.79 Å². The molecule has 82 valence electrons. The number of nitrogens with zero attached hydrogens (tertiary/aromatic N) is 2. The predicted octanol–water partition coefficient (Wildman–Crippen LogP) is 0.641. The highest BCUT2D eigenvalue weighted by molar-refractivity contribution is 5.76. The highest BCUT2D eigenvalue weighted by Crippen LogP contribution is 2.07. The molecule has 1 aromatic heterocycles. The van der Waals surface area contributed by atoms with Gasteiger partial charge in [-0.1, -0.05) is 0 Å². The summed E-state index contributed by atoms with van der Waals surface area (Å²) in [5.41, 5.74) is 1.71. The Balaban J connectivity index is 2.50. The number of carbonyl (C=O) groups is 1. The van der Waals surface area contributed by atoms with Gasteiger partial charge in [-0.2, -0.15) is 0 Å². The van der Waals surface area contributed by atoms with Crippen molar-refractivity contribution >= 4 is 11.7 Å². The average Bonchev–Trinajstić information content (AvgIpc) is 2.23. The molecule has 0 radical (unpaired) electrons. The molecule has 2 N–H and O–H groups in total. The lowest BCUT2D eigenvalue weighted by atomic mass is 10.3. The summed E-state index contributed by atoms with van der Waals surface area (Å²) in [6, 6.07) is 0. The number of nitrogens with one attached hydrogen (secondary N) is 2. The van der Waals surface area contributed by atoms with Crippen LogP contribution in [0.1, 0.15) is 17.8 Å². The number of hydrogen-bond acceptors (Lipinski definition) is 4. The van der Waals surface area contributed by atoms with Crippen LogP contribution in [0.4, 0.5) is 5.82 Å². The molecule has 0 aliphatic rings. The van der Waals surface area contributed by atoms with Gasteiger partial charge in [-0.3, -0.25) is 9.78 Å². The fraction of sp³-hybridized carbons (Fsp3) is 0.500. The minimum absolute atomic E-state index is 0.0146. The van der Waals surface area contributed by atoms with Gasteiger partial charge in [0.25, 0.3) is 0 Å². The maximum Gasteiger partial charge on any atom is 0.221 e. The first-order valence-electron chi connectivity index (χ1n) is 4.88. The Morgan fingerprint density at radius 2 is 2.20 bits per heavy atom. The van der Waals surface area contributed by atoms with Gasteiger partial charge in [0.15, 0.2) is 0 Å². The third-order valence-corrected chi connectivity index (χ3v) is 2.00. The van der Waals surface area contributed by atoms with Crippen molar-refractivity contribution in [3.8, 4) is 0 Å². The maximum atomic E-state index is 11.0. The molecule has 5 heteroatoms. The Kier molecular flexibility index (Phi) is 4.03. The van der Waals surface area contributed by atoms with Crippen LogP contribution in [0.2, 0.25) is 0 Å². The number of carbonyl (C=O) groups excluding carboxylic acids is 1. The van der Waals surface area contributed by atoms with Crippen LogP contribution in [0.3, 0.4) is 0 Å². The molecule has 1 aromatic rings. The summed E-state index contributed by atoms with van der Waals surface area (Å²) >= 11 is 0. The monoisotopic (exact) mass is 208 g/mol. The first kappa shape index (κ1) is 11.4. The van der Waals surface area contributed by atoms with E-state index in [-0.39, 0.29) is 5.91 Å². The van der Waals surface area contributed by atoms with Crippen molar-refractivity contribution in [3.63, 3.8) is 0 Å². The van der Waals surface area contributed by atoms with Gasteiger partial charge in [-0.15, -0.1) is 0 Å². The topological polar surface area (TPSA) is 66.9 Å². The van der Waals surface area contributed by atoms with E-state index in [4.69, 9.17) is 0 Å². The van der Waals surface area contributed by atoms with Gasteiger partial charge in [-0.05, 0) is 13.8 Å². The lowest BCUT2D eigenvalue weighted by Gasteiger charge is -2.07. The van der Waals surface area contributed by atoms with E-state index in [1.54, 1.807) is 13.2 Å². The predicted molar refractivity (Wildman–Crippen MR) is 58.7 cm³/mol. The van der Waals surface area contributed by atoms with Crippen molar-refractivity contribution in [2.45, 2.75) is 20.3 Å². The second kappa shape index (κ2) is 5.29. The molecule has 5 nitrogen and oxygen atoms in total. The molecule has 0 saturated carbocycles. The largest absolute Gasteiger partial charge is 0.368 e. The fourth-order valence-corrected chi connectivity index (χ4v) is 1.12. The van der Waals surface area contributed by atoms with Gasteiger partial charge in [0.2, 0.25) is 5.91 Å². The number of anilines is 1. The number of hydrogen-bond donors (Lipinski definition) is 2. The van der Waals surface area contributed by atoms with E-state index in [9.17, 15) is 4.79 Å². The molecule has 0 bridgehead atoms. The molecule has 0 aliphatic heterocycles. The number of aryl methyl sites for hydroxylation is 2. The summed E-state index contributed by atoms with van der Waals surface area (Å²) < 4.78 is 0. The van der Waals surface area contributed by atoms with Crippen LogP contribution in [0.5, 0.6) is 0 Å². The summed E-state index contributed by atoms with van der Waals surface area (Å²) in [7, 11) is 1.63. The number of rotatable bonds is 4.